The number of carbonyl (C=O) groups is 1. The molecule has 0 aromatic heterocycles. The van der Waals surface area contributed by atoms with Gasteiger partial charge in [-0.2, -0.15) is 0 Å². The first-order chi connectivity index (χ1) is 45.0. The predicted molar refractivity (Wildman–Crippen MR) is 433 cm³/mol. The van der Waals surface area contributed by atoms with Gasteiger partial charge in [-0.3, -0.25) is 18.3 Å². The molecule has 648 valence electrons. The summed E-state index contributed by atoms with van der Waals surface area (Å²) in [6.45, 7) is 43.7. The summed E-state index contributed by atoms with van der Waals surface area (Å²) in [6, 6.07) is 21.3. The molecule has 0 bridgehead atoms. The third-order valence-electron chi connectivity index (χ3n) is 17.8. The number of ether oxygens (including phenoxy) is 3. The molecule has 0 saturated heterocycles. The summed E-state index contributed by atoms with van der Waals surface area (Å²) >= 11 is 0. The quantitative estimate of drug-likeness (QED) is 0.0148. The molecule has 0 aliphatic heterocycles. The second-order valence-corrected chi connectivity index (χ2v) is 32.9. The number of unbranched alkanes of at least 4 members (excludes halogenated alkanes) is 15. The Labute approximate surface area is 741 Å². The van der Waals surface area contributed by atoms with Gasteiger partial charge in [-0.25, -0.2) is 4.57 Å². The fraction of sp³-hybridized carbons (Fsp3) is 0.835. The van der Waals surface area contributed by atoms with Crippen LogP contribution in [0.3, 0.4) is 0 Å². The van der Waals surface area contributed by atoms with E-state index in [1.54, 1.807) is 7.11 Å². The standard InChI is InChI=1S/C19H40NO2.C12H20N.C11H26N.C10H24NO2.C9H14N.C7H18N.C6H16NO.C5H14NO4P.Ca.8ClH.2H/c1-5-6-7-8-9-10-11-12-13-14-15-16-19(21)22-18-17-20(2,3)4;1-4-13(5-2,6-3)12-10-8-7-9-11-12;1-5-6-7-8-9-10-11-12(2,3)4;1-5-11(6-2,7-3)10-13-9-8-12-4;1-10(2,3)9-7-5-4-6-8-9;1-5-8(4,6-2)7-3;1-6(8)5-7(2,3)4;1-6(2,3)4-5-10-11(7,8)9;;;;;;;;;;;/h5-18H2,1-4H3;7-11H,4-6H2,1-3H3;5-11H2,1-4H3;5-10H2,1-4H3;4-8H,1-3H3;5-7H2,1-4H3;6,8H,5H2,1-4H3;4-5H2,1-3H3,(H-,7,8,9);;8*1H;;/q7*+1;;+2;;;;;;;;;2*-1/p-7. The van der Waals surface area contributed by atoms with Crippen LogP contribution in [0, 0.1) is 0 Å². The molecule has 0 fully saturated rings. The van der Waals surface area contributed by atoms with Crippen molar-refractivity contribution in [1.82, 2.24) is 8.97 Å². The summed E-state index contributed by atoms with van der Waals surface area (Å²) in [4.78, 5) is 28.2. The number of nitrogens with zero attached hydrogens (tertiary/aromatic N) is 8. The number of carbonyl (C=O) groups excluding carboxylic acids is 1. The van der Waals surface area contributed by atoms with Crippen LogP contribution in [0.4, 0.5) is 11.4 Å². The van der Waals surface area contributed by atoms with Gasteiger partial charge in [-0.05, 0) is 113 Å². The van der Waals surface area contributed by atoms with Gasteiger partial charge in [0.25, 0.3) is 0 Å². The smallest absolute Gasteiger partial charge is 1.00 e. The van der Waals surface area contributed by atoms with Crippen molar-refractivity contribution in [3.05, 3.63) is 60.7 Å². The van der Waals surface area contributed by atoms with E-state index in [2.05, 4.69) is 227 Å². The first kappa shape index (κ1) is 142. The second-order valence-electron chi connectivity index (χ2n) is 31.6. The van der Waals surface area contributed by atoms with Crippen LogP contribution in [0.5, 0.6) is 0 Å². The Hall–Kier alpha value is 1.16. The molecule has 1 unspecified atom stereocenters. The minimum absolute atomic E-state index is 0. The normalized spacial score (nSPS) is 11.3. The number of hydrogen-bond acceptors (Lipinski definition) is 7. The van der Waals surface area contributed by atoms with Crippen LogP contribution in [-0.4, -0.2) is 330 Å². The number of benzene rings is 2. The van der Waals surface area contributed by atoms with Gasteiger partial charge in [0.2, 0.25) is 0 Å². The molecule has 1 atom stereocenters. The van der Waals surface area contributed by atoms with Gasteiger partial charge in [0.05, 0.1) is 191 Å². The molecule has 0 radical (unpaired) electrons. The van der Waals surface area contributed by atoms with Gasteiger partial charge < -0.3 is 158 Å². The van der Waals surface area contributed by atoms with Crippen molar-refractivity contribution in [2.75, 3.05) is 238 Å². The van der Waals surface area contributed by atoms with E-state index in [-0.39, 0.29) is 159 Å². The number of halogens is 8. The number of phosphoric acid groups is 1. The Morgan fingerprint density at radius 1 is 0.425 bits per heavy atom. The van der Waals surface area contributed by atoms with E-state index < -0.39 is 7.82 Å². The Bertz CT molecular complexity index is 2060. The average molecular weight is 1740 g/mol. The predicted octanol–water partition coefficient (Wildman–Crippen LogP) is -8.35. The van der Waals surface area contributed by atoms with Gasteiger partial charge in [0, 0.05) is 13.5 Å². The minimum Gasteiger partial charge on any atom is -1.00 e. The molecule has 0 aliphatic carbocycles. The molecular formula is C79H175CaCl8N8O9P. The summed E-state index contributed by atoms with van der Waals surface area (Å²) in [6.07, 6.45) is 23.3. The first-order valence-electron chi connectivity index (χ1n) is 38.3. The molecular weight excluding hydrogens is 1560 g/mol. The number of esters is 1. The Balaban J connectivity index is -0.0000000587. The van der Waals surface area contributed by atoms with Crippen molar-refractivity contribution < 1.29 is 172 Å². The van der Waals surface area contributed by atoms with E-state index in [0.717, 1.165) is 72.8 Å². The van der Waals surface area contributed by atoms with Crippen molar-refractivity contribution in [1.29, 1.82) is 0 Å². The van der Waals surface area contributed by atoms with Crippen molar-refractivity contribution in [3.8, 4) is 0 Å². The van der Waals surface area contributed by atoms with Crippen LogP contribution < -0.4 is 108 Å². The molecule has 0 heterocycles. The van der Waals surface area contributed by atoms with E-state index >= 15 is 0 Å². The van der Waals surface area contributed by atoms with Crippen LogP contribution in [-0.2, 0) is 28.1 Å². The molecule has 27 heteroatoms. The zero-order chi connectivity index (χ0) is 76.2. The van der Waals surface area contributed by atoms with E-state index in [4.69, 9.17) is 29.1 Å². The van der Waals surface area contributed by atoms with E-state index in [1.807, 2.05) is 34.1 Å². The van der Waals surface area contributed by atoms with Gasteiger partial charge in [0.1, 0.15) is 50.3 Å². The maximum Gasteiger partial charge on any atom is 2.00 e. The van der Waals surface area contributed by atoms with Crippen LogP contribution in [0.2, 0.25) is 0 Å². The summed E-state index contributed by atoms with van der Waals surface area (Å²) in [7, 11) is 31.3. The van der Waals surface area contributed by atoms with Gasteiger partial charge in [0.15, 0.2) is 6.73 Å². The maximum absolute atomic E-state index is 11.6. The summed E-state index contributed by atoms with van der Waals surface area (Å²) in [5, 5.41) is 8.87. The van der Waals surface area contributed by atoms with Crippen LogP contribution in [0.15, 0.2) is 60.7 Å². The molecule has 106 heavy (non-hydrogen) atoms. The Morgan fingerprint density at radius 2 is 0.755 bits per heavy atom. The number of aliphatic hydroxyl groups is 1. The van der Waals surface area contributed by atoms with Gasteiger partial charge in [-0.1, -0.05) is 140 Å². The van der Waals surface area contributed by atoms with Gasteiger partial charge >= 0.3 is 51.5 Å². The van der Waals surface area contributed by atoms with Crippen molar-refractivity contribution >= 4 is 62.9 Å². The van der Waals surface area contributed by atoms with Gasteiger partial charge in [-0.15, -0.1) is 0 Å². The number of likely N-dealkylation sites (N-methyl/N-ethyl adjacent to an activating group) is 3. The second kappa shape index (κ2) is 85.5. The summed E-state index contributed by atoms with van der Waals surface area (Å²) in [5.74, 6) is -0.0237. The monoisotopic (exact) mass is 1730 g/mol. The summed E-state index contributed by atoms with van der Waals surface area (Å²) in [5.41, 5.74) is 2.78. The van der Waals surface area contributed by atoms with E-state index in [1.165, 1.54) is 164 Å². The van der Waals surface area contributed by atoms with Crippen molar-refractivity contribution in [3.63, 3.8) is 0 Å². The molecule has 0 aliphatic rings. The van der Waals surface area contributed by atoms with Crippen molar-refractivity contribution in [2.24, 2.45) is 0 Å². The van der Waals surface area contributed by atoms with Crippen molar-refractivity contribution in [2.45, 2.75) is 205 Å². The fourth-order valence-corrected chi connectivity index (χ4v) is 10.2. The number of phosphoric ester groups is 1. The third-order valence-corrected chi connectivity index (χ3v) is 18.3. The van der Waals surface area contributed by atoms with Crippen LogP contribution >= 0.6 is 7.82 Å². The number of quaternary nitrogens is 8. The molecule has 0 amide bonds. The Morgan fingerprint density at radius 3 is 1.01 bits per heavy atom. The molecule has 0 saturated carbocycles. The molecule has 3 N–H and O–H groups in total. The molecule has 2 aromatic rings. The number of methoxy groups -OCH3 is 1. The first-order valence-corrected chi connectivity index (χ1v) is 39.8. The average Bonchev–Trinajstić information content (AvgIpc) is 0.835. The largest absolute Gasteiger partial charge is 2.00 e. The molecule has 17 nitrogen and oxygen atoms in total. The number of aliphatic hydroxyl groups excluding tert-OH is 1. The SMILES string of the molecule is CC(O)C[N+](C)(C)C.CCCCCCCCCCCCCC(=O)OCC[N+](C)(C)C.CCCCCCCC[N+](C)(C)C.CC[N+](C)(CC)CC.CC[N+](CC)(CC)COCCOC.CC[N+](CC)(CC)c1ccccc1.C[N+](C)(C)CCOP(=O)(O)O.C[N+](C)(C)c1ccccc1.[Ca+2].[Cl-].[Cl-].[Cl-].[Cl-].[Cl-].[Cl-].[Cl-].[Cl-].[H-].[H-]. The van der Waals surface area contributed by atoms with Crippen LogP contribution in [0.25, 0.3) is 0 Å². The molecule has 0 spiro atoms. The maximum atomic E-state index is 11.6. The zero-order valence-corrected chi connectivity index (χ0v) is 83.0. The molecule has 2 rings (SSSR count). The topological polar surface area (TPSA) is 132 Å². The van der Waals surface area contributed by atoms with E-state index in [0.29, 0.717) is 37.3 Å². The van der Waals surface area contributed by atoms with E-state index in [9.17, 15) is 9.36 Å². The third kappa shape index (κ3) is 103. The van der Waals surface area contributed by atoms with Crippen LogP contribution in [0.1, 0.15) is 202 Å². The summed E-state index contributed by atoms with van der Waals surface area (Å²) < 4.78 is 37.8. The Kier molecular flexibility index (Phi) is 115. The zero-order valence-electron chi connectivity index (χ0n) is 75.9. The number of rotatable bonds is 44. The fourth-order valence-electron chi connectivity index (χ4n) is 9.89. The number of hydrogen-bond donors (Lipinski definition) is 3. The molecule has 2 aromatic carbocycles. The minimum atomic E-state index is -4.26. The number of para-hydroxylation sites is 2.